The SMILES string of the molecule is COc1ccccc1C1CNCCN1C(=O)C1CC1c1ccc(C2CC2C)o1.Cl. The van der Waals surface area contributed by atoms with Gasteiger partial charge in [0.15, 0.2) is 0 Å². The lowest BCUT2D eigenvalue weighted by molar-refractivity contribution is -0.136. The number of nitrogens with one attached hydrogen (secondary N) is 1. The van der Waals surface area contributed by atoms with Gasteiger partial charge in [0, 0.05) is 43.0 Å². The molecule has 1 aromatic heterocycles. The lowest BCUT2D eigenvalue weighted by atomic mass is 10.0. The molecule has 1 aliphatic heterocycles. The maximum absolute atomic E-state index is 13.3. The molecule has 6 heteroatoms. The molecule has 0 bridgehead atoms. The first-order valence-corrected chi connectivity index (χ1v) is 10.4. The first-order valence-electron chi connectivity index (χ1n) is 10.4. The van der Waals surface area contributed by atoms with Crippen molar-refractivity contribution in [1.29, 1.82) is 0 Å². The van der Waals surface area contributed by atoms with Gasteiger partial charge in [-0.15, -0.1) is 12.4 Å². The normalized spacial score (nSPS) is 30.4. The van der Waals surface area contributed by atoms with E-state index in [4.69, 9.17) is 9.15 Å². The van der Waals surface area contributed by atoms with Gasteiger partial charge < -0.3 is 19.4 Å². The number of piperazine rings is 1. The second-order valence-corrected chi connectivity index (χ2v) is 8.50. The Hall–Kier alpha value is -1.98. The molecular formula is C23H29ClN2O3. The molecule has 5 unspecified atom stereocenters. The van der Waals surface area contributed by atoms with Crippen LogP contribution in [0.4, 0.5) is 0 Å². The van der Waals surface area contributed by atoms with E-state index in [9.17, 15) is 4.79 Å². The zero-order chi connectivity index (χ0) is 19.3. The smallest absolute Gasteiger partial charge is 0.227 e. The third kappa shape index (κ3) is 3.78. The molecule has 156 valence electrons. The number of rotatable bonds is 5. The third-order valence-corrected chi connectivity index (χ3v) is 6.62. The van der Waals surface area contributed by atoms with Crippen molar-refractivity contribution < 1.29 is 13.9 Å². The first-order chi connectivity index (χ1) is 13.7. The van der Waals surface area contributed by atoms with E-state index in [0.29, 0.717) is 5.92 Å². The maximum atomic E-state index is 13.3. The Bertz CT molecular complexity index is 883. The molecule has 1 aromatic carbocycles. The standard InChI is InChI=1S/C23H28N2O3.ClH/c1-14-11-16(14)21-7-8-22(28-21)17-12-18(17)23(26)25-10-9-24-13-19(25)15-5-3-4-6-20(15)27-2;/h3-8,14,16-19,24H,9-13H2,1-2H3;1H. The molecule has 1 N–H and O–H groups in total. The van der Waals surface area contributed by atoms with E-state index >= 15 is 0 Å². The Balaban J connectivity index is 0.00000205. The number of amides is 1. The van der Waals surface area contributed by atoms with E-state index < -0.39 is 0 Å². The van der Waals surface area contributed by atoms with E-state index in [2.05, 4.69) is 30.4 Å². The number of halogens is 1. The summed E-state index contributed by atoms with van der Waals surface area (Å²) in [4.78, 5) is 15.4. The predicted molar refractivity (Wildman–Crippen MR) is 114 cm³/mol. The minimum atomic E-state index is 0. The lowest BCUT2D eigenvalue weighted by Crippen LogP contribution is -2.49. The average Bonchev–Trinajstić information content (AvgIpc) is 3.64. The van der Waals surface area contributed by atoms with Crippen molar-refractivity contribution in [1.82, 2.24) is 10.2 Å². The van der Waals surface area contributed by atoms with Crippen molar-refractivity contribution >= 4 is 18.3 Å². The molecule has 2 aliphatic carbocycles. The monoisotopic (exact) mass is 416 g/mol. The van der Waals surface area contributed by atoms with Crippen molar-refractivity contribution in [3.05, 3.63) is 53.5 Å². The number of furan rings is 1. The number of ether oxygens (including phenoxy) is 1. The Kier molecular flexibility index (Phi) is 5.63. The molecule has 1 amide bonds. The molecule has 5 atom stereocenters. The molecule has 1 saturated heterocycles. The molecule has 2 aromatic rings. The number of nitrogens with zero attached hydrogens (tertiary/aromatic N) is 1. The summed E-state index contributed by atoms with van der Waals surface area (Å²) in [5.74, 6) is 4.80. The molecule has 2 saturated carbocycles. The highest BCUT2D eigenvalue weighted by Crippen LogP contribution is 2.53. The van der Waals surface area contributed by atoms with E-state index in [-0.39, 0.29) is 36.2 Å². The molecule has 3 fully saturated rings. The molecule has 0 spiro atoms. The number of benzene rings is 1. The van der Waals surface area contributed by atoms with Gasteiger partial charge >= 0.3 is 0 Å². The molecule has 5 nitrogen and oxygen atoms in total. The van der Waals surface area contributed by atoms with E-state index in [0.717, 1.165) is 54.8 Å². The largest absolute Gasteiger partial charge is 0.496 e. The predicted octanol–water partition coefficient (Wildman–Crippen LogP) is 4.11. The number of carbonyl (C=O) groups excluding carboxylic acids is 1. The lowest BCUT2D eigenvalue weighted by Gasteiger charge is -2.37. The Morgan fingerprint density at radius 3 is 2.59 bits per heavy atom. The van der Waals surface area contributed by atoms with Crippen molar-refractivity contribution in [3.8, 4) is 5.75 Å². The number of carbonyl (C=O) groups is 1. The van der Waals surface area contributed by atoms with Crippen LogP contribution in [0.2, 0.25) is 0 Å². The highest BCUT2D eigenvalue weighted by molar-refractivity contribution is 5.85. The summed E-state index contributed by atoms with van der Waals surface area (Å²) >= 11 is 0. The Morgan fingerprint density at radius 1 is 1.14 bits per heavy atom. The zero-order valence-electron chi connectivity index (χ0n) is 17.0. The topological polar surface area (TPSA) is 54.7 Å². The van der Waals surface area contributed by atoms with Crippen molar-refractivity contribution in [2.45, 2.75) is 37.6 Å². The molecule has 2 heterocycles. The highest BCUT2D eigenvalue weighted by Gasteiger charge is 2.49. The van der Waals surface area contributed by atoms with Crippen molar-refractivity contribution in [3.63, 3.8) is 0 Å². The summed E-state index contributed by atoms with van der Waals surface area (Å²) in [6.07, 6.45) is 2.12. The fraction of sp³-hybridized carbons (Fsp3) is 0.522. The van der Waals surface area contributed by atoms with Gasteiger partial charge in [-0.2, -0.15) is 0 Å². The van der Waals surface area contributed by atoms with Gasteiger partial charge in [0.25, 0.3) is 0 Å². The molecular weight excluding hydrogens is 388 g/mol. The first kappa shape index (κ1) is 20.3. The van der Waals surface area contributed by atoms with Crippen LogP contribution >= 0.6 is 12.4 Å². The van der Waals surface area contributed by atoms with Gasteiger partial charge in [0.05, 0.1) is 13.2 Å². The third-order valence-electron chi connectivity index (χ3n) is 6.62. The average molecular weight is 417 g/mol. The van der Waals surface area contributed by atoms with Gasteiger partial charge in [-0.1, -0.05) is 25.1 Å². The summed E-state index contributed by atoms with van der Waals surface area (Å²) in [5.41, 5.74) is 1.07. The van der Waals surface area contributed by atoms with Gasteiger partial charge in [-0.05, 0) is 37.0 Å². The minimum Gasteiger partial charge on any atom is -0.496 e. The molecule has 0 radical (unpaired) electrons. The Labute approximate surface area is 178 Å². The number of methoxy groups -OCH3 is 1. The van der Waals surface area contributed by atoms with Crippen LogP contribution in [-0.4, -0.2) is 37.6 Å². The van der Waals surface area contributed by atoms with Crippen LogP contribution in [-0.2, 0) is 4.79 Å². The zero-order valence-corrected chi connectivity index (χ0v) is 17.8. The summed E-state index contributed by atoms with van der Waals surface area (Å²) in [7, 11) is 1.69. The number of hydrogen-bond acceptors (Lipinski definition) is 4. The molecule has 3 aliphatic rings. The number of hydrogen-bond donors (Lipinski definition) is 1. The minimum absolute atomic E-state index is 0. The van der Waals surface area contributed by atoms with E-state index in [1.807, 2.05) is 23.1 Å². The van der Waals surface area contributed by atoms with Gasteiger partial charge in [-0.3, -0.25) is 4.79 Å². The van der Waals surface area contributed by atoms with Crippen molar-refractivity contribution in [2.24, 2.45) is 11.8 Å². The molecule has 29 heavy (non-hydrogen) atoms. The second kappa shape index (κ2) is 8.04. The molecule has 5 rings (SSSR count). The summed E-state index contributed by atoms with van der Waals surface area (Å²) in [5, 5.41) is 3.43. The maximum Gasteiger partial charge on any atom is 0.227 e. The summed E-state index contributed by atoms with van der Waals surface area (Å²) in [6.45, 7) is 4.58. The van der Waals surface area contributed by atoms with E-state index in [1.165, 1.54) is 6.42 Å². The fourth-order valence-electron chi connectivity index (χ4n) is 4.67. The van der Waals surface area contributed by atoms with Crippen LogP contribution in [0, 0.1) is 11.8 Å². The van der Waals surface area contributed by atoms with Crippen LogP contribution < -0.4 is 10.1 Å². The fourth-order valence-corrected chi connectivity index (χ4v) is 4.67. The van der Waals surface area contributed by atoms with Crippen LogP contribution in [0.1, 0.15) is 54.7 Å². The van der Waals surface area contributed by atoms with Crippen LogP contribution in [0.25, 0.3) is 0 Å². The van der Waals surface area contributed by atoms with E-state index in [1.54, 1.807) is 7.11 Å². The van der Waals surface area contributed by atoms with Gasteiger partial charge in [0.1, 0.15) is 17.3 Å². The van der Waals surface area contributed by atoms with Crippen molar-refractivity contribution in [2.75, 3.05) is 26.7 Å². The van der Waals surface area contributed by atoms with Crippen LogP contribution in [0.3, 0.4) is 0 Å². The second-order valence-electron chi connectivity index (χ2n) is 8.50. The van der Waals surface area contributed by atoms with Gasteiger partial charge in [0.2, 0.25) is 5.91 Å². The summed E-state index contributed by atoms with van der Waals surface area (Å²) < 4.78 is 11.7. The van der Waals surface area contributed by atoms with Crippen LogP contribution in [0.5, 0.6) is 5.75 Å². The van der Waals surface area contributed by atoms with Gasteiger partial charge in [-0.25, -0.2) is 0 Å². The number of para-hydroxylation sites is 1. The van der Waals surface area contributed by atoms with Crippen LogP contribution in [0.15, 0.2) is 40.8 Å². The quantitative estimate of drug-likeness (QED) is 0.796. The summed E-state index contributed by atoms with van der Waals surface area (Å²) in [6, 6.07) is 12.2. The highest BCUT2D eigenvalue weighted by atomic mass is 35.5. The Morgan fingerprint density at radius 2 is 1.86 bits per heavy atom.